The summed E-state index contributed by atoms with van der Waals surface area (Å²) in [5.41, 5.74) is 5.56. The number of nitrogen functional groups attached to an aromatic ring is 1. The molecular weight excluding hydrogens is 286 g/mol. The van der Waals surface area contributed by atoms with Crippen molar-refractivity contribution in [3.8, 4) is 0 Å². The van der Waals surface area contributed by atoms with Gasteiger partial charge in [0.25, 0.3) is 5.56 Å². The number of rotatable bonds is 2. The van der Waals surface area contributed by atoms with Gasteiger partial charge < -0.3 is 5.73 Å². The molecule has 0 bridgehead atoms. The molecule has 0 fully saturated rings. The van der Waals surface area contributed by atoms with Crippen molar-refractivity contribution in [1.82, 2.24) is 9.55 Å². The quantitative estimate of drug-likeness (QED) is 0.865. The third kappa shape index (κ3) is 2.65. The van der Waals surface area contributed by atoms with Crippen LogP contribution in [0.2, 0.25) is 0 Å². The van der Waals surface area contributed by atoms with Gasteiger partial charge in [-0.2, -0.15) is 0 Å². The first kappa shape index (κ1) is 11.7. The number of halogens is 1. The molecule has 0 saturated carbocycles. The Balaban J connectivity index is 2.43. The van der Waals surface area contributed by atoms with E-state index in [0.717, 1.165) is 10.0 Å². The Bertz CT molecular complexity index is 660. The maximum absolute atomic E-state index is 11.6. The van der Waals surface area contributed by atoms with Crippen LogP contribution in [0.3, 0.4) is 0 Å². The first-order valence-electron chi connectivity index (χ1n) is 4.90. The van der Waals surface area contributed by atoms with Crippen molar-refractivity contribution in [2.75, 3.05) is 5.73 Å². The Morgan fingerprint density at radius 2 is 2.06 bits per heavy atom. The van der Waals surface area contributed by atoms with Crippen LogP contribution in [0.4, 0.5) is 5.82 Å². The van der Waals surface area contributed by atoms with E-state index >= 15 is 0 Å². The smallest absolute Gasteiger partial charge is 0.330 e. The lowest BCUT2D eigenvalue weighted by molar-refractivity contribution is 0.732. The summed E-state index contributed by atoms with van der Waals surface area (Å²) in [7, 11) is 0. The van der Waals surface area contributed by atoms with E-state index < -0.39 is 11.2 Å². The van der Waals surface area contributed by atoms with Crippen molar-refractivity contribution < 1.29 is 0 Å². The van der Waals surface area contributed by atoms with Gasteiger partial charge in [0.1, 0.15) is 5.82 Å². The van der Waals surface area contributed by atoms with Gasteiger partial charge in [-0.1, -0.05) is 28.1 Å². The summed E-state index contributed by atoms with van der Waals surface area (Å²) in [4.78, 5) is 24.8. The lowest BCUT2D eigenvalue weighted by Gasteiger charge is -2.08. The summed E-state index contributed by atoms with van der Waals surface area (Å²) in [6.07, 6.45) is 0. The van der Waals surface area contributed by atoms with Crippen LogP contribution < -0.4 is 17.0 Å². The molecule has 1 heterocycles. The highest BCUT2D eigenvalue weighted by Crippen LogP contribution is 2.12. The number of anilines is 1. The first-order valence-corrected chi connectivity index (χ1v) is 5.69. The number of hydrogen-bond acceptors (Lipinski definition) is 3. The van der Waals surface area contributed by atoms with Crippen molar-refractivity contribution in [1.29, 1.82) is 0 Å². The molecule has 0 saturated heterocycles. The fourth-order valence-corrected chi connectivity index (χ4v) is 1.97. The topological polar surface area (TPSA) is 80.9 Å². The molecule has 5 nitrogen and oxygen atoms in total. The monoisotopic (exact) mass is 295 g/mol. The molecule has 88 valence electrons. The summed E-state index contributed by atoms with van der Waals surface area (Å²) < 4.78 is 2.23. The van der Waals surface area contributed by atoms with Gasteiger partial charge in [-0.3, -0.25) is 14.3 Å². The van der Waals surface area contributed by atoms with Gasteiger partial charge in [0, 0.05) is 10.5 Å². The second-order valence-electron chi connectivity index (χ2n) is 3.58. The molecule has 0 radical (unpaired) electrons. The number of benzene rings is 1. The molecule has 0 unspecified atom stereocenters. The number of nitrogens with zero attached hydrogens (tertiary/aromatic N) is 1. The summed E-state index contributed by atoms with van der Waals surface area (Å²) in [6, 6.07) is 8.72. The van der Waals surface area contributed by atoms with Crippen LogP contribution in [0.15, 0.2) is 44.4 Å². The molecule has 2 aromatic rings. The van der Waals surface area contributed by atoms with Gasteiger partial charge in [-0.25, -0.2) is 4.79 Å². The fourth-order valence-electron chi connectivity index (χ4n) is 1.52. The molecule has 1 aromatic carbocycles. The fraction of sp³-hybridized carbons (Fsp3) is 0.0909. The van der Waals surface area contributed by atoms with Gasteiger partial charge in [0.05, 0.1) is 6.54 Å². The van der Waals surface area contributed by atoms with Crippen molar-refractivity contribution >= 4 is 21.7 Å². The number of aromatic amines is 1. The standard InChI is InChI=1S/C11H10BrN3O2/c12-8-3-1-2-7(4-8)6-15-9(13)5-10(16)14-11(15)17/h1-5H,6,13H2,(H,14,16,17). The molecule has 3 N–H and O–H groups in total. The predicted octanol–water partition coefficient (Wildman–Crippen LogP) is 0.930. The molecule has 0 aliphatic carbocycles. The highest BCUT2D eigenvalue weighted by Gasteiger charge is 2.03. The van der Waals surface area contributed by atoms with Gasteiger partial charge in [-0.05, 0) is 17.7 Å². The molecule has 0 spiro atoms. The minimum absolute atomic E-state index is 0.152. The van der Waals surface area contributed by atoms with Gasteiger partial charge in [0.2, 0.25) is 0 Å². The van der Waals surface area contributed by atoms with E-state index in [9.17, 15) is 9.59 Å². The molecule has 6 heteroatoms. The second-order valence-corrected chi connectivity index (χ2v) is 4.50. The van der Waals surface area contributed by atoms with Crippen LogP contribution in [0.5, 0.6) is 0 Å². The summed E-state index contributed by atoms with van der Waals surface area (Å²) >= 11 is 3.35. The Kier molecular flexibility index (Phi) is 3.14. The van der Waals surface area contributed by atoms with Gasteiger partial charge >= 0.3 is 5.69 Å². The zero-order valence-corrected chi connectivity index (χ0v) is 10.4. The number of hydrogen-bond donors (Lipinski definition) is 2. The molecule has 0 amide bonds. The third-order valence-electron chi connectivity index (χ3n) is 2.30. The lowest BCUT2D eigenvalue weighted by Crippen LogP contribution is -2.31. The SMILES string of the molecule is Nc1cc(=O)[nH]c(=O)n1Cc1cccc(Br)c1. The number of aromatic nitrogens is 2. The van der Waals surface area contributed by atoms with Crippen LogP contribution in [0.1, 0.15) is 5.56 Å². The van der Waals surface area contributed by atoms with Crippen LogP contribution in [0, 0.1) is 0 Å². The van der Waals surface area contributed by atoms with Gasteiger partial charge in [-0.15, -0.1) is 0 Å². The largest absolute Gasteiger partial charge is 0.385 e. The Labute approximate surface area is 105 Å². The van der Waals surface area contributed by atoms with E-state index in [1.165, 1.54) is 10.6 Å². The van der Waals surface area contributed by atoms with Crippen molar-refractivity contribution in [2.45, 2.75) is 6.54 Å². The van der Waals surface area contributed by atoms with Crippen LogP contribution in [-0.4, -0.2) is 9.55 Å². The Morgan fingerprint density at radius 1 is 1.29 bits per heavy atom. The maximum Gasteiger partial charge on any atom is 0.330 e. The minimum atomic E-state index is -0.505. The number of H-pyrrole nitrogens is 1. The predicted molar refractivity (Wildman–Crippen MR) is 69.0 cm³/mol. The van der Waals surface area contributed by atoms with E-state index in [4.69, 9.17) is 5.73 Å². The Hall–Kier alpha value is -1.82. The first-order chi connectivity index (χ1) is 8.06. The highest BCUT2D eigenvalue weighted by atomic mass is 79.9. The summed E-state index contributed by atoms with van der Waals surface area (Å²) in [5.74, 6) is 0.152. The zero-order valence-electron chi connectivity index (χ0n) is 8.81. The average Bonchev–Trinajstić information content (AvgIpc) is 2.23. The maximum atomic E-state index is 11.6. The van der Waals surface area contributed by atoms with E-state index in [0.29, 0.717) is 6.54 Å². The normalized spacial score (nSPS) is 10.4. The second kappa shape index (κ2) is 4.58. The molecule has 1 aromatic heterocycles. The molecule has 0 aliphatic rings. The van der Waals surface area contributed by atoms with Crippen LogP contribution >= 0.6 is 15.9 Å². The summed E-state index contributed by atoms with van der Waals surface area (Å²) in [6.45, 7) is 0.320. The van der Waals surface area contributed by atoms with Crippen molar-refractivity contribution in [3.05, 3.63) is 61.2 Å². The van der Waals surface area contributed by atoms with Crippen molar-refractivity contribution in [3.63, 3.8) is 0 Å². The lowest BCUT2D eigenvalue weighted by atomic mass is 10.2. The van der Waals surface area contributed by atoms with E-state index in [-0.39, 0.29) is 5.82 Å². The average molecular weight is 296 g/mol. The summed E-state index contributed by atoms with van der Waals surface area (Å²) in [5, 5.41) is 0. The van der Waals surface area contributed by atoms with E-state index in [1.54, 1.807) is 0 Å². The molecule has 2 rings (SSSR count). The van der Waals surface area contributed by atoms with E-state index in [2.05, 4.69) is 20.9 Å². The number of nitrogens with two attached hydrogens (primary N) is 1. The number of nitrogens with one attached hydrogen (secondary N) is 1. The van der Waals surface area contributed by atoms with Crippen molar-refractivity contribution in [2.24, 2.45) is 0 Å². The van der Waals surface area contributed by atoms with Gasteiger partial charge in [0.15, 0.2) is 0 Å². The minimum Gasteiger partial charge on any atom is -0.385 e. The molecule has 17 heavy (non-hydrogen) atoms. The molecular formula is C11H10BrN3O2. The highest BCUT2D eigenvalue weighted by molar-refractivity contribution is 9.10. The van der Waals surface area contributed by atoms with E-state index in [1.807, 2.05) is 24.3 Å². The molecule has 0 atom stereocenters. The zero-order chi connectivity index (χ0) is 12.4. The molecule has 0 aliphatic heterocycles. The van der Waals surface area contributed by atoms with Crippen LogP contribution in [-0.2, 0) is 6.54 Å². The van der Waals surface area contributed by atoms with Crippen LogP contribution in [0.25, 0.3) is 0 Å². The Morgan fingerprint density at radius 3 is 2.71 bits per heavy atom. The third-order valence-corrected chi connectivity index (χ3v) is 2.79.